The van der Waals surface area contributed by atoms with Crippen LogP contribution < -0.4 is 11.1 Å². The van der Waals surface area contributed by atoms with Crippen molar-refractivity contribution in [1.82, 2.24) is 0 Å². The molecular weight excluding hydrogens is 244 g/mol. The first-order valence-electron chi connectivity index (χ1n) is 6.56. The Hall–Kier alpha value is -1.75. The Morgan fingerprint density at radius 2 is 2.37 bits per heavy atom. The fourth-order valence-electron chi connectivity index (χ4n) is 2.14. The molecule has 0 spiro atoms. The largest absolute Gasteiger partial charge is 0.462 e. The smallest absolute Gasteiger partial charge is 0.338 e. The van der Waals surface area contributed by atoms with Gasteiger partial charge < -0.3 is 20.5 Å². The van der Waals surface area contributed by atoms with Crippen molar-refractivity contribution in [3.05, 3.63) is 23.8 Å². The molecule has 5 heteroatoms. The lowest BCUT2D eigenvalue weighted by atomic mass is 10.1. The second-order valence-electron chi connectivity index (χ2n) is 4.64. The summed E-state index contributed by atoms with van der Waals surface area (Å²) in [6, 6.07) is 5.35. The monoisotopic (exact) mass is 264 g/mol. The lowest BCUT2D eigenvalue weighted by molar-refractivity contribution is 0.0526. The van der Waals surface area contributed by atoms with E-state index in [4.69, 9.17) is 15.2 Å². The van der Waals surface area contributed by atoms with E-state index in [-0.39, 0.29) is 18.1 Å². The highest BCUT2D eigenvalue weighted by atomic mass is 16.5. The van der Waals surface area contributed by atoms with Crippen LogP contribution in [0, 0.1) is 0 Å². The summed E-state index contributed by atoms with van der Waals surface area (Å²) in [6.07, 6.45) is 1.08. The summed E-state index contributed by atoms with van der Waals surface area (Å²) >= 11 is 0. The van der Waals surface area contributed by atoms with E-state index >= 15 is 0 Å². The van der Waals surface area contributed by atoms with Crippen LogP contribution in [0.1, 0.15) is 30.6 Å². The van der Waals surface area contributed by atoms with Gasteiger partial charge in [-0.15, -0.1) is 0 Å². The number of ether oxygens (including phenoxy) is 2. The summed E-state index contributed by atoms with van der Waals surface area (Å²) in [6.45, 7) is 4.91. The van der Waals surface area contributed by atoms with Crippen molar-refractivity contribution in [3.8, 4) is 0 Å². The SMILES string of the molecule is CCOC(=O)c1ccc(N)c(NC2CCOC2C)c1. The summed E-state index contributed by atoms with van der Waals surface area (Å²) in [5.41, 5.74) is 7.81. The average Bonchev–Trinajstić information content (AvgIpc) is 2.78. The minimum absolute atomic E-state index is 0.144. The Balaban J connectivity index is 2.15. The number of carbonyl (C=O) groups excluding carboxylic acids is 1. The molecule has 1 aliphatic rings. The van der Waals surface area contributed by atoms with Crippen molar-refractivity contribution in [2.45, 2.75) is 32.4 Å². The fourth-order valence-corrected chi connectivity index (χ4v) is 2.14. The average molecular weight is 264 g/mol. The molecule has 104 valence electrons. The van der Waals surface area contributed by atoms with Gasteiger partial charge in [-0.25, -0.2) is 4.79 Å². The van der Waals surface area contributed by atoms with E-state index in [1.54, 1.807) is 25.1 Å². The summed E-state index contributed by atoms with van der Waals surface area (Å²) < 4.78 is 10.5. The molecule has 19 heavy (non-hydrogen) atoms. The summed E-state index contributed by atoms with van der Waals surface area (Å²) in [4.78, 5) is 11.7. The Morgan fingerprint density at radius 3 is 3.00 bits per heavy atom. The third-order valence-corrected chi connectivity index (χ3v) is 3.28. The highest BCUT2D eigenvalue weighted by Crippen LogP contribution is 2.25. The molecule has 2 unspecified atom stereocenters. The van der Waals surface area contributed by atoms with E-state index in [1.165, 1.54) is 0 Å². The summed E-state index contributed by atoms with van der Waals surface area (Å²) in [5, 5.41) is 3.34. The van der Waals surface area contributed by atoms with Gasteiger partial charge in [0.1, 0.15) is 0 Å². The van der Waals surface area contributed by atoms with Crippen LogP contribution in [0.15, 0.2) is 18.2 Å². The molecule has 1 aromatic carbocycles. The van der Waals surface area contributed by atoms with E-state index in [2.05, 4.69) is 5.32 Å². The van der Waals surface area contributed by atoms with Gasteiger partial charge in [-0.3, -0.25) is 0 Å². The van der Waals surface area contributed by atoms with Gasteiger partial charge in [0.2, 0.25) is 0 Å². The van der Waals surface area contributed by atoms with Crippen LogP contribution in [0.2, 0.25) is 0 Å². The van der Waals surface area contributed by atoms with E-state index in [0.29, 0.717) is 17.9 Å². The second kappa shape index (κ2) is 5.93. The van der Waals surface area contributed by atoms with Crippen LogP contribution in [0.4, 0.5) is 11.4 Å². The number of hydrogen-bond donors (Lipinski definition) is 2. The molecule has 1 saturated heterocycles. The Morgan fingerprint density at radius 1 is 1.58 bits per heavy atom. The third kappa shape index (κ3) is 3.17. The molecule has 1 aliphatic heterocycles. The molecule has 0 aromatic heterocycles. The van der Waals surface area contributed by atoms with E-state index < -0.39 is 0 Å². The number of nitrogen functional groups attached to an aromatic ring is 1. The molecule has 1 fully saturated rings. The summed E-state index contributed by atoms with van der Waals surface area (Å²) in [5.74, 6) is -0.332. The molecule has 2 rings (SSSR count). The number of rotatable bonds is 4. The standard InChI is InChI=1S/C14H20N2O3/c1-3-18-14(17)10-4-5-11(15)13(8-10)16-12-6-7-19-9(12)2/h4-5,8-9,12,16H,3,6-7,15H2,1-2H3. The van der Waals surface area contributed by atoms with Gasteiger partial charge in [-0.05, 0) is 38.5 Å². The van der Waals surface area contributed by atoms with Crippen LogP contribution >= 0.6 is 0 Å². The third-order valence-electron chi connectivity index (χ3n) is 3.28. The predicted molar refractivity (Wildman–Crippen MR) is 74.3 cm³/mol. The normalized spacial score (nSPS) is 22.2. The van der Waals surface area contributed by atoms with Gasteiger partial charge in [-0.1, -0.05) is 0 Å². The van der Waals surface area contributed by atoms with Crippen LogP contribution in [-0.4, -0.2) is 31.3 Å². The van der Waals surface area contributed by atoms with Crippen molar-refractivity contribution in [2.24, 2.45) is 0 Å². The quantitative estimate of drug-likeness (QED) is 0.643. The van der Waals surface area contributed by atoms with Crippen molar-refractivity contribution in [1.29, 1.82) is 0 Å². The van der Waals surface area contributed by atoms with E-state index in [9.17, 15) is 4.79 Å². The maximum absolute atomic E-state index is 11.7. The number of benzene rings is 1. The van der Waals surface area contributed by atoms with E-state index in [0.717, 1.165) is 18.7 Å². The van der Waals surface area contributed by atoms with Gasteiger partial charge in [0, 0.05) is 6.61 Å². The van der Waals surface area contributed by atoms with Crippen LogP contribution in [0.5, 0.6) is 0 Å². The lowest BCUT2D eigenvalue weighted by Gasteiger charge is -2.19. The minimum Gasteiger partial charge on any atom is -0.462 e. The number of nitrogens with one attached hydrogen (secondary N) is 1. The van der Waals surface area contributed by atoms with Gasteiger partial charge in [0.05, 0.1) is 35.7 Å². The number of carbonyl (C=O) groups is 1. The molecule has 5 nitrogen and oxygen atoms in total. The maximum atomic E-state index is 11.7. The molecule has 0 amide bonds. The Labute approximate surface area is 113 Å². The van der Waals surface area contributed by atoms with Crippen LogP contribution in [0.25, 0.3) is 0 Å². The number of anilines is 2. The number of esters is 1. The molecule has 2 atom stereocenters. The van der Waals surface area contributed by atoms with Gasteiger partial charge in [0.15, 0.2) is 0 Å². The Bertz CT molecular complexity index is 462. The summed E-state index contributed by atoms with van der Waals surface area (Å²) in [7, 11) is 0. The number of nitrogens with two attached hydrogens (primary N) is 1. The predicted octanol–water partition coefficient (Wildman–Crippen LogP) is 2.03. The maximum Gasteiger partial charge on any atom is 0.338 e. The Kier molecular flexibility index (Phi) is 4.27. The van der Waals surface area contributed by atoms with Crippen LogP contribution in [-0.2, 0) is 9.47 Å². The van der Waals surface area contributed by atoms with Crippen LogP contribution in [0.3, 0.4) is 0 Å². The van der Waals surface area contributed by atoms with Gasteiger partial charge in [-0.2, -0.15) is 0 Å². The number of hydrogen-bond acceptors (Lipinski definition) is 5. The van der Waals surface area contributed by atoms with Crippen molar-refractivity contribution in [2.75, 3.05) is 24.3 Å². The highest BCUT2D eigenvalue weighted by Gasteiger charge is 2.24. The molecule has 3 N–H and O–H groups in total. The van der Waals surface area contributed by atoms with Gasteiger partial charge in [0.25, 0.3) is 0 Å². The molecule has 0 bridgehead atoms. The zero-order chi connectivity index (χ0) is 13.8. The lowest BCUT2D eigenvalue weighted by Crippen LogP contribution is -2.27. The molecular formula is C14H20N2O3. The fraction of sp³-hybridized carbons (Fsp3) is 0.500. The molecule has 1 aromatic rings. The van der Waals surface area contributed by atoms with Crippen molar-refractivity contribution < 1.29 is 14.3 Å². The molecule has 1 heterocycles. The molecule has 0 radical (unpaired) electrons. The first kappa shape index (κ1) is 13.7. The zero-order valence-electron chi connectivity index (χ0n) is 11.3. The molecule has 0 aliphatic carbocycles. The first-order valence-corrected chi connectivity index (χ1v) is 6.56. The first-order chi connectivity index (χ1) is 9.11. The van der Waals surface area contributed by atoms with Crippen molar-refractivity contribution in [3.63, 3.8) is 0 Å². The minimum atomic E-state index is -0.332. The topological polar surface area (TPSA) is 73.6 Å². The van der Waals surface area contributed by atoms with Gasteiger partial charge >= 0.3 is 5.97 Å². The molecule has 0 saturated carbocycles. The second-order valence-corrected chi connectivity index (χ2v) is 4.64. The highest BCUT2D eigenvalue weighted by molar-refractivity contribution is 5.92. The van der Waals surface area contributed by atoms with E-state index in [1.807, 2.05) is 6.92 Å². The van der Waals surface area contributed by atoms with Crippen molar-refractivity contribution >= 4 is 17.3 Å². The zero-order valence-corrected chi connectivity index (χ0v) is 11.3.